The minimum absolute atomic E-state index is 0.165. The van der Waals surface area contributed by atoms with Crippen LogP contribution in [0.4, 0.5) is 5.69 Å². The number of carbonyl (C=O) groups is 1. The van der Waals surface area contributed by atoms with E-state index in [1.807, 2.05) is 0 Å². The lowest BCUT2D eigenvalue weighted by molar-refractivity contribution is -0.119. The summed E-state index contributed by atoms with van der Waals surface area (Å²) in [7, 11) is -0.773. The van der Waals surface area contributed by atoms with Crippen molar-refractivity contribution in [3.63, 3.8) is 0 Å². The Hall–Kier alpha value is -2.01. The summed E-state index contributed by atoms with van der Waals surface area (Å²) in [6.07, 6.45) is 2.35. The van der Waals surface area contributed by atoms with Gasteiger partial charge in [-0.25, -0.2) is 13.8 Å². The number of anilines is 1. The number of nitrogens with zero attached hydrogens (tertiary/aromatic N) is 2. The summed E-state index contributed by atoms with van der Waals surface area (Å²) in [5.41, 5.74) is 3.07. The molecule has 0 bridgehead atoms. The molecule has 2 aromatic carbocycles. The van der Waals surface area contributed by atoms with Crippen LogP contribution < -0.4 is 19.2 Å². The smallest absolute Gasteiger partial charge is 0.260 e. The molecule has 162 valence electrons. The number of benzene rings is 2. The number of rotatable bonds is 8. The Bertz CT molecular complexity index is 1060. The van der Waals surface area contributed by atoms with E-state index in [0.29, 0.717) is 21.5 Å². The molecule has 0 aliphatic carbocycles. The van der Waals surface area contributed by atoms with E-state index in [4.69, 9.17) is 32.7 Å². The highest BCUT2D eigenvalue weighted by molar-refractivity contribution is 9.10. The third-order valence-electron chi connectivity index (χ3n) is 3.68. The highest BCUT2D eigenvalue weighted by Gasteiger charge is 2.21. The number of sulfonamides is 1. The average Bonchev–Trinajstić information content (AvgIpc) is 2.63. The largest absolute Gasteiger partial charge is 0.493 e. The van der Waals surface area contributed by atoms with Gasteiger partial charge in [0.25, 0.3) is 5.91 Å². The number of hydrogen-bond acceptors (Lipinski definition) is 6. The van der Waals surface area contributed by atoms with Gasteiger partial charge in [0.15, 0.2) is 11.5 Å². The average molecular weight is 539 g/mol. The van der Waals surface area contributed by atoms with Crippen LogP contribution in [0.1, 0.15) is 5.56 Å². The quantitative estimate of drug-likeness (QED) is 0.408. The number of ether oxygens (including phenoxy) is 2. The van der Waals surface area contributed by atoms with Crippen LogP contribution in [0.2, 0.25) is 10.0 Å². The zero-order chi connectivity index (χ0) is 22.5. The third kappa shape index (κ3) is 6.49. The normalized spacial score (nSPS) is 11.4. The van der Waals surface area contributed by atoms with Crippen molar-refractivity contribution < 1.29 is 22.7 Å². The van der Waals surface area contributed by atoms with E-state index in [-0.39, 0.29) is 15.7 Å². The molecule has 2 rings (SSSR count). The molecule has 8 nitrogen and oxygen atoms in total. The Morgan fingerprint density at radius 3 is 2.33 bits per heavy atom. The van der Waals surface area contributed by atoms with Crippen molar-refractivity contribution in [1.29, 1.82) is 0 Å². The Labute approximate surface area is 192 Å². The first-order valence-corrected chi connectivity index (χ1v) is 11.6. The molecule has 0 saturated heterocycles. The lowest BCUT2D eigenvalue weighted by atomic mass is 10.2. The Morgan fingerprint density at radius 1 is 1.17 bits per heavy atom. The maximum Gasteiger partial charge on any atom is 0.260 e. The summed E-state index contributed by atoms with van der Waals surface area (Å²) in [6.45, 7) is -0.511. The first-order valence-electron chi connectivity index (χ1n) is 8.22. The van der Waals surface area contributed by atoms with E-state index in [1.165, 1.54) is 38.6 Å². The Balaban J connectivity index is 2.16. The molecule has 0 atom stereocenters. The van der Waals surface area contributed by atoms with E-state index in [1.54, 1.807) is 12.1 Å². The predicted molar refractivity (Wildman–Crippen MR) is 122 cm³/mol. The van der Waals surface area contributed by atoms with Gasteiger partial charge in [0.05, 0.1) is 36.9 Å². The second kappa shape index (κ2) is 10.3. The monoisotopic (exact) mass is 537 g/mol. The molecule has 0 saturated carbocycles. The summed E-state index contributed by atoms with van der Waals surface area (Å²) >= 11 is 15.2. The van der Waals surface area contributed by atoms with Crippen LogP contribution >= 0.6 is 39.1 Å². The van der Waals surface area contributed by atoms with Gasteiger partial charge in [0.2, 0.25) is 10.0 Å². The molecule has 1 N–H and O–H groups in total. The van der Waals surface area contributed by atoms with E-state index in [0.717, 1.165) is 10.6 Å². The first-order chi connectivity index (χ1) is 14.0. The fraction of sp³-hybridized carbons (Fsp3) is 0.222. The molecule has 0 fully saturated rings. The van der Waals surface area contributed by atoms with Crippen molar-refractivity contribution in [3.05, 3.63) is 50.4 Å². The number of hydrogen-bond donors (Lipinski definition) is 1. The van der Waals surface area contributed by atoms with Gasteiger partial charge in [0.1, 0.15) is 6.54 Å². The zero-order valence-corrected chi connectivity index (χ0v) is 20.1. The summed E-state index contributed by atoms with van der Waals surface area (Å²) in [4.78, 5) is 12.3. The second-order valence-corrected chi connectivity index (χ2v) is 9.56. The highest BCUT2D eigenvalue weighted by atomic mass is 79.9. The fourth-order valence-electron chi connectivity index (χ4n) is 2.44. The third-order valence-corrected chi connectivity index (χ3v) is 5.85. The molecule has 1 amide bonds. The molecule has 0 spiro atoms. The number of nitrogens with one attached hydrogen (secondary N) is 1. The van der Waals surface area contributed by atoms with Crippen LogP contribution in [0.3, 0.4) is 0 Å². The predicted octanol–water partition coefficient (Wildman–Crippen LogP) is 3.69. The second-order valence-electron chi connectivity index (χ2n) is 5.93. The molecular formula is C18H18BrCl2N3O5S. The maximum atomic E-state index is 12.3. The summed E-state index contributed by atoms with van der Waals surface area (Å²) < 4.78 is 36.3. The summed E-state index contributed by atoms with van der Waals surface area (Å²) in [6, 6.07) is 7.63. The van der Waals surface area contributed by atoms with Gasteiger partial charge in [-0.2, -0.15) is 5.10 Å². The van der Waals surface area contributed by atoms with Crippen molar-refractivity contribution in [2.75, 3.05) is 31.3 Å². The molecule has 0 heterocycles. The first kappa shape index (κ1) is 24.3. The van der Waals surface area contributed by atoms with Gasteiger partial charge in [-0.15, -0.1) is 0 Å². The van der Waals surface area contributed by atoms with E-state index >= 15 is 0 Å². The number of carbonyl (C=O) groups excluding carboxylic acids is 1. The lowest BCUT2D eigenvalue weighted by Gasteiger charge is -2.21. The summed E-state index contributed by atoms with van der Waals surface area (Å²) in [5, 5.41) is 4.34. The standard InChI is InChI=1S/C18H18BrCl2N3O5S/c1-28-16-5-11(4-15(19)18(16)29-2)9-22-23-17(25)10-24(30(3,26)27)14-7-12(20)6-13(21)8-14/h4-9H,10H2,1-3H3,(H,23,25)/b22-9-. The molecule has 2 aromatic rings. The van der Waals surface area contributed by atoms with Crippen molar-refractivity contribution in [2.24, 2.45) is 5.10 Å². The Morgan fingerprint density at radius 2 is 1.80 bits per heavy atom. The molecule has 12 heteroatoms. The molecule has 0 radical (unpaired) electrons. The molecule has 0 aromatic heterocycles. The van der Waals surface area contributed by atoms with Crippen molar-refractivity contribution in [3.8, 4) is 11.5 Å². The van der Waals surface area contributed by atoms with Gasteiger partial charge in [-0.1, -0.05) is 23.2 Å². The zero-order valence-electron chi connectivity index (χ0n) is 16.1. The van der Waals surface area contributed by atoms with Gasteiger partial charge in [-0.05, 0) is 51.8 Å². The molecule has 0 aliphatic rings. The maximum absolute atomic E-state index is 12.3. The number of methoxy groups -OCH3 is 2. The van der Waals surface area contributed by atoms with Crippen molar-refractivity contribution in [1.82, 2.24) is 5.43 Å². The van der Waals surface area contributed by atoms with Crippen LogP contribution in [-0.2, 0) is 14.8 Å². The minimum Gasteiger partial charge on any atom is -0.493 e. The van der Waals surface area contributed by atoms with Gasteiger partial charge < -0.3 is 9.47 Å². The molecular weight excluding hydrogens is 521 g/mol. The Kier molecular flexibility index (Phi) is 8.36. The van der Waals surface area contributed by atoms with E-state index in [2.05, 4.69) is 26.5 Å². The van der Waals surface area contributed by atoms with Gasteiger partial charge in [-0.3, -0.25) is 9.10 Å². The van der Waals surface area contributed by atoms with Crippen LogP contribution in [0.25, 0.3) is 0 Å². The molecule has 30 heavy (non-hydrogen) atoms. The highest BCUT2D eigenvalue weighted by Crippen LogP contribution is 2.35. The van der Waals surface area contributed by atoms with Gasteiger partial charge in [0, 0.05) is 10.0 Å². The number of hydrazone groups is 1. The molecule has 0 unspecified atom stereocenters. The number of amides is 1. The van der Waals surface area contributed by atoms with Gasteiger partial charge >= 0.3 is 0 Å². The van der Waals surface area contributed by atoms with E-state index in [9.17, 15) is 13.2 Å². The topological polar surface area (TPSA) is 97.3 Å². The van der Waals surface area contributed by atoms with Crippen LogP contribution in [-0.4, -0.2) is 47.6 Å². The van der Waals surface area contributed by atoms with Crippen LogP contribution in [0, 0.1) is 0 Å². The van der Waals surface area contributed by atoms with Crippen LogP contribution in [0.15, 0.2) is 39.9 Å². The van der Waals surface area contributed by atoms with Crippen molar-refractivity contribution >= 4 is 67.0 Å². The number of halogens is 3. The lowest BCUT2D eigenvalue weighted by Crippen LogP contribution is -2.39. The van der Waals surface area contributed by atoms with E-state index < -0.39 is 22.5 Å². The summed E-state index contributed by atoms with van der Waals surface area (Å²) in [5.74, 6) is 0.329. The fourth-order valence-corrected chi connectivity index (χ4v) is 4.42. The van der Waals surface area contributed by atoms with Crippen molar-refractivity contribution in [2.45, 2.75) is 0 Å². The SMILES string of the molecule is COc1cc(/C=N\NC(=O)CN(c2cc(Cl)cc(Cl)c2)S(C)(=O)=O)cc(Br)c1OC. The minimum atomic E-state index is -3.78. The molecule has 0 aliphatic heterocycles. The van der Waals surface area contributed by atoms with Crippen LogP contribution in [0.5, 0.6) is 11.5 Å².